The molecule has 4 heteroatoms. The zero-order chi connectivity index (χ0) is 14.9. The van der Waals surface area contributed by atoms with Crippen molar-refractivity contribution in [3.63, 3.8) is 0 Å². The van der Waals surface area contributed by atoms with E-state index in [0.29, 0.717) is 19.6 Å². The molecule has 0 spiro atoms. The van der Waals surface area contributed by atoms with E-state index in [-0.39, 0.29) is 5.97 Å². The first-order chi connectivity index (χ1) is 10.3. The van der Waals surface area contributed by atoms with Gasteiger partial charge < -0.3 is 14.8 Å². The Morgan fingerprint density at radius 2 is 1.76 bits per heavy atom. The molecule has 0 aliphatic rings. The first kappa shape index (κ1) is 14.9. The number of carbonyl (C=O) groups excluding carboxylic acids is 1. The van der Waals surface area contributed by atoms with Gasteiger partial charge in [-0.15, -0.1) is 0 Å². The molecule has 0 aromatic heterocycles. The summed E-state index contributed by atoms with van der Waals surface area (Å²) in [5, 5.41) is 3.17. The zero-order valence-electron chi connectivity index (χ0n) is 12.0. The Kier molecular flexibility index (Phi) is 5.64. The number of rotatable bonds is 7. The average Bonchev–Trinajstić information content (AvgIpc) is 2.54. The SMILES string of the molecule is COc1ccc(NCCC(=O)OCc2ccccc2)cc1. The van der Waals surface area contributed by atoms with Crippen molar-refractivity contribution in [2.75, 3.05) is 19.0 Å². The third-order valence-electron chi connectivity index (χ3n) is 2.99. The number of ether oxygens (including phenoxy) is 2. The fourth-order valence-corrected chi connectivity index (χ4v) is 1.83. The largest absolute Gasteiger partial charge is 0.497 e. The predicted octanol–water partition coefficient (Wildman–Crippen LogP) is 3.24. The van der Waals surface area contributed by atoms with Gasteiger partial charge in [-0.05, 0) is 29.8 Å². The Morgan fingerprint density at radius 1 is 1.05 bits per heavy atom. The van der Waals surface area contributed by atoms with Crippen LogP contribution >= 0.6 is 0 Å². The lowest BCUT2D eigenvalue weighted by Gasteiger charge is -2.08. The van der Waals surface area contributed by atoms with E-state index in [9.17, 15) is 4.79 Å². The molecule has 2 aromatic carbocycles. The summed E-state index contributed by atoms with van der Waals surface area (Å²) in [5.41, 5.74) is 1.95. The van der Waals surface area contributed by atoms with Gasteiger partial charge in [0.1, 0.15) is 12.4 Å². The van der Waals surface area contributed by atoms with Crippen LogP contribution in [-0.2, 0) is 16.1 Å². The number of benzene rings is 2. The maximum absolute atomic E-state index is 11.6. The molecule has 0 saturated carbocycles. The number of nitrogens with one attached hydrogen (secondary N) is 1. The van der Waals surface area contributed by atoms with Crippen molar-refractivity contribution in [3.05, 3.63) is 60.2 Å². The highest BCUT2D eigenvalue weighted by Crippen LogP contribution is 2.14. The van der Waals surface area contributed by atoms with Gasteiger partial charge in [-0.25, -0.2) is 0 Å². The summed E-state index contributed by atoms with van der Waals surface area (Å²) >= 11 is 0. The summed E-state index contributed by atoms with van der Waals surface area (Å²) in [4.78, 5) is 11.6. The maximum atomic E-state index is 11.6. The van der Waals surface area contributed by atoms with E-state index in [1.165, 1.54) is 0 Å². The highest BCUT2D eigenvalue weighted by atomic mass is 16.5. The van der Waals surface area contributed by atoms with E-state index < -0.39 is 0 Å². The Bertz CT molecular complexity index is 552. The van der Waals surface area contributed by atoms with Crippen LogP contribution in [0.15, 0.2) is 54.6 Å². The van der Waals surface area contributed by atoms with Crippen LogP contribution in [0.2, 0.25) is 0 Å². The lowest BCUT2D eigenvalue weighted by Crippen LogP contribution is -2.11. The average molecular weight is 285 g/mol. The van der Waals surface area contributed by atoms with Crippen molar-refractivity contribution in [2.24, 2.45) is 0 Å². The normalized spacial score (nSPS) is 9.95. The molecule has 0 radical (unpaired) electrons. The monoisotopic (exact) mass is 285 g/mol. The minimum Gasteiger partial charge on any atom is -0.497 e. The Hall–Kier alpha value is -2.49. The van der Waals surface area contributed by atoms with Crippen LogP contribution in [0, 0.1) is 0 Å². The number of hydrogen-bond acceptors (Lipinski definition) is 4. The molecule has 4 nitrogen and oxygen atoms in total. The van der Waals surface area contributed by atoms with E-state index in [1.54, 1.807) is 7.11 Å². The van der Waals surface area contributed by atoms with Crippen LogP contribution < -0.4 is 10.1 Å². The summed E-state index contributed by atoms with van der Waals surface area (Å²) < 4.78 is 10.3. The van der Waals surface area contributed by atoms with Gasteiger partial charge in [0, 0.05) is 12.2 Å². The summed E-state index contributed by atoms with van der Waals surface area (Å²) in [7, 11) is 1.63. The van der Waals surface area contributed by atoms with Gasteiger partial charge >= 0.3 is 5.97 Å². The summed E-state index contributed by atoms with van der Waals surface area (Å²) in [6.45, 7) is 0.863. The predicted molar refractivity (Wildman–Crippen MR) is 82.3 cm³/mol. The van der Waals surface area contributed by atoms with Gasteiger partial charge in [-0.3, -0.25) is 4.79 Å². The first-order valence-corrected chi connectivity index (χ1v) is 6.85. The van der Waals surface area contributed by atoms with Crippen LogP contribution in [0.1, 0.15) is 12.0 Å². The number of anilines is 1. The topological polar surface area (TPSA) is 47.6 Å². The molecule has 110 valence electrons. The van der Waals surface area contributed by atoms with Crippen LogP contribution in [0.3, 0.4) is 0 Å². The minimum atomic E-state index is -0.208. The highest BCUT2D eigenvalue weighted by molar-refractivity contribution is 5.70. The van der Waals surface area contributed by atoms with E-state index >= 15 is 0 Å². The van der Waals surface area contributed by atoms with E-state index in [0.717, 1.165) is 17.0 Å². The molecule has 0 saturated heterocycles. The summed E-state index contributed by atoms with van der Waals surface area (Å²) in [5.74, 6) is 0.600. The van der Waals surface area contributed by atoms with Gasteiger partial charge in [0.25, 0.3) is 0 Å². The Labute approximate surface area is 124 Å². The molecule has 0 unspecified atom stereocenters. The van der Waals surface area contributed by atoms with Gasteiger partial charge in [-0.2, -0.15) is 0 Å². The third kappa shape index (κ3) is 5.18. The van der Waals surface area contributed by atoms with Crippen molar-refractivity contribution in [3.8, 4) is 5.75 Å². The van der Waals surface area contributed by atoms with Crippen molar-refractivity contribution in [1.82, 2.24) is 0 Å². The molecule has 0 bridgehead atoms. The molecule has 0 amide bonds. The number of hydrogen-bond donors (Lipinski definition) is 1. The quantitative estimate of drug-likeness (QED) is 0.793. The molecule has 2 rings (SSSR count). The van der Waals surface area contributed by atoms with Crippen LogP contribution in [-0.4, -0.2) is 19.6 Å². The van der Waals surface area contributed by atoms with Crippen LogP contribution in [0.25, 0.3) is 0 Å². The minimum absolute atomic E-state index is 0.208. The van der Waals surface area contributed by atoms with Gasteiger partial charge in [0.05, 0.1) is 13.5 Å². The standard InChI is InChI=1S/C17H19NO3/c1-20-16-9-7-15(8-10-16)18-12-11-17(19)21-13-14-5-3-2-4-6-14/h2-10,18H,11-13H2,1H3. The number of esters is 1. The van der Waals surface area contributed by atoms with Gasteiger partial charge in [0.15, 0.2) is 0 Å². The molecule has 1 N–H and O–H groups in total. The molecular weight excluding hydrogens is 266 g/mol. The lowest BCUT2D eigenvalue weighted by atomic mass is 10.2. The molecule has 0 heterocycles. The van der Waals surface area contributed by atoms with Crippen molar-refractivity contribution >= 4 is 11.7 Å². The number of carbonyl (C=O) groups is 1. The fraction of sp³-hybridized carbons (Fsp3) is 0.235. The molecule has 21 heavy (non-hydrogen) atoms. The zero-order valence-corrected chi connectivity index (χ0v) is 12.0. The molecule has 0 atom stereocenters. The summed E-state index contributed by atoms with van der Waals surface area (Å²) in [6, 6.07) is 17.2. The molecule has 0 aliphatic carbocycles. The second-order valence-corrected chi connectivity index (χ2v) is 4.55. The fourth-order valence-electron chi connectivity index (χ4n) is 1.83. The Balaban J connectivity index is 1.66. The number of methoxy groups -OCH3 is 1. The van der Waals surface area contributed by atoms with Crippen molar-refractivity contribution < 1.29 is 14.3 Å². The highest BCUT2D eigenvalue weighted by Gasteiger charge is 2.03. The third-order valence-corrected chi connectivity index (χ3v) is 2.99. The first-order valence-electron chi connectivity index (χ1n) is 6.85. The van der Waals surface area contributed by atoms with Gasteiger partial charge in [-0.1, -0.05) is 30.3 Å². The van der Waals surface area contributed by atoms with Crippen LogP contribution in [0.4, 0.5) is 5.69 Å². The maximum Gasteiger partial charge on any atom is 0.307 e. The van der Waals surface area contributed by atoms with Crippen molar-refractivity contribution in [2.45, 2.75) is 13.0 Å². The Morgan fingerprint density at radius 3 is 2.43 bits per heavy atom. The summed E-state index contributed by atoms with van der Waals surface area (Å²) in [6.07, 6.45) is 0.332. The van der Waals surface area contributed by atoms with Crippen molar-refractivity contribution in [1.29, 1.82) is 0 Å². The van der Waals surface area contributed by atoms with Crippen LogP contribution in [0.5, 0.6) is 5.75 Å². The van der Waals surface area contributed by atoms with E-state index in [1.807, 2.05) is 54.6 Å². The molecular formula is C17H19NO3. The van der Waals surface area contributed by atoms with E-state index in [4.69, 9.17) is 9.47 Å². The second-order valence-electron chi connectivity index (χ2n) is 4.55. The molecule has 0 aliphatic heterocycles. The smallest absolute Gasteiger partial charge is 0.307 e. The van der Waals surface area contributed by atoms with Gasteiger partial charge in [0.2, 0.25) is 0 Å². The lowest BCUT2D eigenvalue weighted by molar-refractivity contribution is -0.144. The molecule has 2 aromatic rings. The second kappa shape index (κ2) is 7.94. The van der Waals surface area contributed by atoms with E-state index in [2.05, 4.69) is 5.32 Å². The molecule has 0 fully saturated rings.